The molecule has 0 aliphatic heterocycles. The number of carboxylic acids is 2. The smallest absolute Gasteiger partial charge is 0.368 e. The number of aldehydes is 1. The van der Waals surface area contributed by atoms with Crippen molar-refractivity contribution in [3.8, 4) is 0 Å². The first-order valence-electron chi connectivity index (χ1n) is 3.61. The van der Waals surface area contributed by atoms with E-state index in [-0.39, 0.29) is 6.29 Å². The van der Waals surface area contributed by atoms with Gasteiger partial charge in [-0.25, -0.2) is 4.79 Å². The van der Waals surface area contributed by atoms with Crippen LogP contribution in [0.15, 0.2) is 0 Å². The molecule has 6 nitrogen and oxygen atoms in total. The Morgan fingerprint density at radius 1 is 1.50 bits per heavy atom. The molecule has 0 saturated heterocycles. The molecule has 7 heteroatoms. The molecule has 0 saturated carbocycles. The van der Waals surface area contributed by atoms with E-state index in [1.165, 1.54) is 0 Å². The van der Waals surface area contributed by atoms with E-state index in [1.807, 2.05) is 6.26 Å². The zero-order valence-corrected chi connectivity index (χ0v) is 8.49. The molecule has 4 N–H and O–H groups in total. The van der Waals surface area contributed by atoms with Crippen molar-refractivity contribution in [2.24, 2.45) is 5.73 Å². The highest BCUT2D eigenvalue weighted by Crippen LogP contribution is 1.97. The highest BCUT2D eigenvalue weighted by Gasteiger charge is 2.08. The Morgan fingerprint density at radius 2 is 1.93 bits per heavy atom. The number of hydrogen-bond acceptors (Lipinski definition) is 5. The van der Waals surface area contributed by atoms with Crippen LogP contribution in [0.5, 0.6) is 0 Å². The largest absolute Gasteiger partial charge is 0.480 e. The first kappa shape index (κ1) is 15.4. The Morgan fingerprint density at radius 3 is 2.14 bits per heavy atom. The predicted octanol–water partition coefficient (Wildman–Crippen LogP) is -0.579. The van der Waals surface area contributed by atoms with Crippen LogP contribution in [0.4, 0.5) is 0 Å². The van der Waals surface area contributed by atoms with Crippen LogP contribution in [-0.2, 0) is 14.4 Å². The number of thioether (sulfide) groups is 1. The molecule has 0 fully saturated rings. The normalized spacial score (nSPS) is 10.7. The van der Waals surface area contributed by atoms with E-state index in [9.17, 15) is 4.79 Å². The number of aliphatic carboxylic acids is 2. The van der Waals surface area contributed by atoms with Gasteiger partial charge in [0, 0.05) is 0 Å². The van der Waals surface area contributed by atoms with Crippen LogP contribution in [0.1, 0.15) is 6.42 Å². The molecule has 1 atom stereocenters. The summed E-state index contributed by atoms with van der Waals surface area (Å²) in [5.74, 6) is -1.53. The molecule has 82 valence electrons. The Bertz CT molecular complexity index is 197. The van der Waals surface area contributed by atoms with Crippen LogP contribution >= 0.6 is 11.8 Å². The number of carbonyl (C=O) groups is 3. The molecule has 0 aromatic carbocycles. The average molecular weight is 223 g/mol. The van der Waals surface area contributed by atoms with Gasteiger partial charge in [0.1, 0.15) is 6.04 Å². The van der Waals surface area contributed by atoms with Gasteiger partial charge in [-0.2, -0.15) is 11.8 Å². The lowest BCUT2D eigenvalue weighted by molar-refractivity contribution is -0.143. The first-order valence-corrected chi connectivity index (χ1v) is 5.00. The van der Waals surface area contributed by atoms with Gasteiger partial charge in [0.2, 0.25) is 6.29 Å². The second-order valence-corrected chi connectivity index (χ2v) is 3.17. The molecule has 0 rings (SSSR count). The third-order valence-electron chi connectivity index (χ3n) is 1.05. The molecule has 0 heterocycles. The number of hydrogen-bond donors (Lipinski definition) is 3. The van der Waals surface area contributed by atoms with Crippen LogP contribution in [0, 0.1) is 0 Å². The molecule has 0 aliphatic carbocycles. The van der Waals surface area contributed by atoms with E-state index in [2.05, 4.69) is 0 Å². The summed E-state index contributed by atoms with van der Waals surface area (Å²) in [7, 11) is 0. The van der Waals surface area contributed by atoms with Gasteiger partial charge in [0.15, 0.2) is 0 Å². The van der Waals surface area contributed by atoms with E-state index in [0.29, 0.717) is 6.42 Å². The molecule has 0 bridgehead atoms. The lowest BCUT2D eigenvalue weighted by Gasteiger charge is -2.02. The molecular formula is C7H13NO5S. The quantitative estimate of drug-likeness (QED) is 0.421. The number of carbonyl (C=O) groups excluding carboxylic acids is 1. The molecule has 0 aromatic rings. The van der Waals surface area contributed by atoms with Gasteiger partial charge in [-0.05, 0) is 18.4 Å². The highest BCUT2D eigenvalue weighted by molar-refractivity contribution is 7.98. The zero-order valence-electron chi connectivity index (χ0n) is 7.67. The van der Waals surface area contributed by atoms with Gasteiger partial charge in [-0.3, -0.25) is 9.59 Å². The fourth-order valence-corrected chi connectivity index (χ4v) is 0.858. The lowest BCUT2D eigenvalue weighted by Crippen LogP contribution is -2.30. The van der Waals surface area contributed by atoms with E-state index in [1.54, 1.807) is 11.8 Å². The summed E-state index contributed by atoms with van der Waals surface area (Å²) in [6.45, 7) is 0. The van der Waals surface area contributed by atoms with Gasteiger partial charge in [0.25, 0.3) is 0 Å². The molecule has 0 radical (unpaired) electrons. The summed E-state index contributed by atoms with van der Waals surface area (Å²) in [6.07, 6.45) is 2.31. The van der Waals surface area contributed by atoms with Crippen molar-refractivity contribution in [2.75, 3.05) is 12.0 Å². The summed E-state index contributed by atoms with van der Waals surface area (Å²) < 4.78 is 0. The van der Waals surface area contributed by atoms with Crippen LogP contribution in [0.3, 0.4) is 0 Å². The van der Waals surface area contributed by atoms with Crippen LogP contribution in [0.25, 0.3) is 0 Å². The Hall–Kier alpha value is -1.08. The molecule has 14 heavy (non-hydrogen) atoms. The Kier molecular flexibility index (Phi) is 11.0. The van der Waals surface area contributed by atoms with Gasteiger partial charge in [-0.15, -0.1) is 0 Å². The third kappa shape index (κ3) is 13.5. The topological polar surface area (TPSA) is 118 Å². The Balaban J connectivity index is 0. The molecule has 0 aromatic heterocycles. The standard InChI is InChI=1S/C5H11NO2S.C2H2O3/c1-9-3-2-4(6)5(7)8;3-1-2(4)5/h4H,2-3,6H2,1H3,(H,7,8);1H,(H,4,5). The van der Waals surface area contributed by atoms with Crippen LogP contribution in [-0.4, -0.2) is 46.5 Å². The number of nitrogens with two attached hydrogens (primary N) is 1. The van der Waals surface area contributed by atoms with E-state index < -0.39 is 18.0 Å². The maximum atomic E-state index is 10.1. The van der Waals surface area contributed by atoms with Crippen molar-refractivity contribution >= 4 is 30.0 Å². The van der Waals surface area contributed by atoms with E-state index in [4.69, 9.17) is 25.5 Å². The number of carboxylic acid groups (broad SMARTS) is 2. The highest BCUT2D eigenvalue weighted by atomic mass is 32.2. The van der Waals surface area contributed by atoms with Gasteiger partial charge in [0.05, 0.1) is 0 Å². The minimum atomic E-state index is -1.43. The third-order valence-corrected chi connectivity index (χ3v) is 1.69. The first-order chi connectivity index (χ1) is 6.45. The Labute approximate surface area is 85.5 Å². The zero-order chi connectivity index (χ0) is 11.6. The van der Waals surface area contributed by atoms with Crippen molar-refractivity contribution in [3.63, 3.8) is 0 Å². The summed E-state index contributed by atoms with van der Waals surface area (Å²) in [5.41, 5.74) is 5.19. The van der Waals surface area contributed by atoms with E-state index >= 15 is 0 Å². The molecule has 0 amide bonds. The molecule has 0 aliphatic rings. The second-order valence-electron chi connectivity index (χ2n) is 2.18. The number of rotatable bonds is 5. The van der Waals surface area contributed by atoms with Crippen LogP contribution in [0.2, 0.25) is 0 Å². The van der Waals surface area contributed by atoms with Crippen molar-refractivity contribution in [2.45, 2.75) is 12.5 Å². The van der Waals surface area contributed by atoms with Crippen LogP contribution < -0.4 is 5.73 Å². The maximum absolute atomic E-state index is 10.1. The SMILES string of the molecule is CSCCC(N)C(=O)O.O=CC(=O)O. The monoisotopic (exact) mass is 223 g/mol. The average Bonchev–Trinajstić information content (AvgIpc) is 2.14. The van der Waals surface area contributed by atoms with Crippen molar-refractivity contribution in [1.82, 2.24) is 0 Å². The fourth-order valence-electron chi connectivity index (χ4n) is 0.368. The molecular weight excluding hydrogens is 210 g/mol. The van der Waals surface area contributed by atoms with Crippen molar-refractivity contribution < 1.29 is 24.6 Å². The summed E-state index contributed by atoms with van der Waals surface area (Å²) in [4.78, 5) is 28.0. The summed E-state index contributed by atoms with van der Waals surface area (Å²) in [5, 5.41) is 15.6. The van der Waals surface area contributed by atoms with Crippen molar-refractivity contribution in [3.05, 3.63) is 0 Å². The van der Waals surface area contributed by atoms with Gasteiger partial charge in [-0.1, -0.05) is 0 Å². The molecule has 0 spiro atoms. The minimum Gasteiger partial charge on any atom is -0.480 e. The predicted molar refractivity (Wildman–Crippen MR) is 52.3 cm³/mol. The summed E-state index contributed by atoms with van der Waals surface area (Å²) >= 11 is 1.60. The maximum Gasteiger partial charge on any atom is 0.368 e. The summed E-state index contributed by atoms with van der Waals surface area (Å²) in [6, 6.07) is -0.683. The van der Waals surface area contributed by atoms with Crippen molar-refractivity contribution in [1.29, 1.82) is 0 Å². The molecule has 1 unspecified atom stereocenters. The van der Waals surface area contributed by atoms with Gasteiger partial charge >= 0.3 is 11.9 Å². The second kappa shape index (κ2) is 10.0. The minimum absolute atomic E-state index is 0.167. The fraction of sp³-hybridized carbons (Fsp3) is 0.571. The van der Waals surface area contributed by atoms with E-state index in [0.717, 1.165) is 5.75 Å². The lowest BCUT2D eigenvalue weighted by atomic mass is 10.2. The van der Waals surface area contributed by atoms with Gasteiger partial charge < -0.3 is 15.9 Å².